The molecule has 5 heteroatoms. The quantitative estimate of drug-likeness (QED) is 0.445. The second-order valence-corrected chi connectivity index (χ2v) is 12.3. The van der Waals surface area contributed by atoms with Crippen molar-refractivity contribution in [1.82, 2.24) is 4.90 Å². The molecular formula is C15H29NO3Si. The normalized spacial score (nSPS) is 27.0. The summed E-state index contributed by atoms with van der Waals surface area (Å²) < 4.78 is 6.33. The Bertz CT molecular complexity index is 385. The molecule has 1 amide bonds. The molecule has 0 spiro atoms. The summed E-state index contributed by atoms with van der Waals surface area (Å²) in [6, 6.07) is -0.0280. The van der Waals surface area contributed by atoms with Crippen LogP contribution in [0.1, 0.15) is 34.6 Å². The van der Waals surface area contributed by atoms with Gasteiger partial charge in [0, 0.05) is 13.0 Å². The van der Waals surface area contributed by atoms with E-state index < -0.39 is 8.32 Å². The van der Waals surface area contributed by atoms with Gasteiger partial charge in [-0.15, -0.1) is 0 Å². The molecule has 1 heterocycles. The number of amides is 1. The SMILES string of the molecule is C[C@H](C=O)[C@@H]1[C@@H]([C@@H](C)O[Si](C)(C)C(C)(C)C)C(=O)N1C. The number of rotatable bonds is 5. The third-order valence-electron chi connectivity index (χ3n) is 4.99. The maximum absolute atomic E-state index is 12.1. The van der Waals surface area contributed by atoms with Gasteiger partial charge >= 0.3 is 0 Å². The number of carbonyl (C=O) groups excluding carboxylic acids is 2. The zero-order valence-electron chi connectivity index (χ0n) is 14.1. The molecule has 4 nitrogen and oxygen atoms in total. The van der Waals surface area contributed by atoms with Crippen LogP contribution in [-0.4, -0.2) is 44.6 Å². The fourth-order valence-corrected chi connectivity index (χ4v) is 4.07. The Morgan fingerprint density at radius 2 is 1.80 bits per heavy atom. The van der Waals surface area contributed by atoms with Crippen molar-refractivity contribution < 1.29 is 14.0 Å². The highest BCUT2D eigenvalue weighted by molar-refractivity contribution is 6.74. The average molecular weight is 299 g/mol. The lowest BCUT2D eigenvalue weighted by Gasteiger charge is -2.51. The Hall–Kier alpha value is -0.683. The van der Waals surface area contributed by atoms with Gasteiger partial charge in [0.2, 0.25) is 5.91 Å². The molecule has 0 aromatic carbocycles. The van der Waals surface area contributed by atoms with E-state index in [2.05, 4.69) is 33.9 Å². The van der Waals surface area contributed by atoms with Gasteiger partial charge in [-0.2, -0.15) is 0 Å². The summed E-state index contributed by atoms with van der Waals surface area (Å²) in [5.74, 6) is -0.239. The van der Waals surface area contributed by atoms with Gasteiger partial charge in [-0.1, -0.05) is 27.7 Å². The molecule has 0 aromatic rings. The summed E-state index contributed by atoms with van der Waals surface area (Å²) >= 11 is 0. The molecule has 0 bridgehead atoms. The second-order valence-electron chi connectivity index (χ2n) is 7.54. The highest BCUT2D eigenvalue weighted by Crippen LogP contribution is 2.41. The predicted octanol–water partition coefficient (Wildman–Crippen LogP) is 2.69. The van der Waals surface area contributed by atoms with E-state index in [0.29, 0.717) is 0 Å². The van der Waals surface area contributed by atoms with Gasteiger partial charge in [0.1, 0.15) is 6.29 Å². The fraction of sp³-hybridized carbons (Fsp3) is 0.867. The Morgan fingerprint density at radius 3 is 2.20 bits per heavy atom. The van der Waals surface area contributed by atoms with Crippen LogP contribution >= 0.6 is 0 Å². The molecule has 1 fully saturated rings. The number of nitrogens with zero attached hydrogens (tertiary/aromatic N) is 1. The van der Waals surface area contributed by atoms with Crippen LogP contribution in [0.2, 0.25) is 18.1 Å². The van der Waals surface area contributed by atoms with Crippen LogP contribution in [0.15, 0.2) is 0 Å². The van der Waals surface area contributed by atoms with Crippen LogP contribution in [0.5, 0.6) is 0 Å². The van der Waals surface area contributed by atoms with E-state index in [1.165, 1.54) is 0 Å². The molecule has 116 valence electrons. The summed E-state index contributed by atoms with van der Waals surface area (Å²) in [6.07, 6.45) is 0.798. The number of aldehydes is 1. The predicted molar refractivity (Wildman–Crippen MR) is 83.0 cm³/mol. The van der Waals surface area contributed by atoms with E-state index >= 15 is 0 Å². The van der Waals surface area contributed by atoms with Gasteiger partial charge in [-0.25, -0.2) is 0 Å². The standard InChI is InChI=1S/C15H29NO3Si/c1-10(9-17)13-12(14(18)16(13)6)11(2)19-20(7,8)15(3,4)5/h9-13H,1-8H3/t10-,11-,12-,13-/m1/s1. The molecule has 0 radical (unpaired) electrons. The average Bonchev–Trinajstić information content (AvgIpc) is 2.31. The van der Waals surface area contributed by atoms with Crippen molar-refractivity contribution in [1.29, 1.82) is 0 Å². The molecule has 1 aliphatic heterocycles. The van der Waals surface area contributed by atoms with Crippen molar-refractivity contribution >= 4 is 20.5 Å². The molecular weight excluding hydrogens is 270 g/mol. The van der Waals surface area contributed by atoms with Crippen molar-refractivity contribution in [3.05, 3.63) is 0 Å². The van der Waals surface area contributed by atoms with E-state index in [1.807, 2.05) is 13.8 Å². The van der Waals surface area contributed by atoms with E-state index in [9.17, 15) is 9.59 Å². The maximum atomic E-state index is 12.1. The van der Waals surface area contributed by atoms with E-state index in [0.717, 1.165) is 6.29 Å². The van der Waals surface area contributed by atoms with Crippen LogP contribution in [0.3, 0.4) is 0 Å². The lowest BCUT2D eigenvalue weighted by Crippen LogP contribution is -2.66. The lowest BCUT2D eigenvalue weighted by molar-refractivity contribution is -0.164. The zero-order valence-corrected chi connectivity index (χ0v) is 15.1. The summed E-state index contributed by atoms with van der Waals surface area (Å²) in [6.45, 7) is 14.8. The fourth-order valence-electron chi connectivity index (χ4n) is 2.64. The first-order valence-corrected chi connectivity index (χ1v) is 10.2. The van der Waals surface area contributed by atoms with E-state index in [4.69, 9.17) is 4.43 Å². The van der Waals surface area contributed by atoms with Crippen molar-refractivity contribution in [2.75, 3.05) is 7.05 Å². The third kappa shape index (κ3) is 2.98. The monoisotopic (exact) mass is 299 g/mol. The molecule has 4 atom stereocenters. The molecule has 0 N–H and O–H groups in total. The third-order valence-corrected chi connectivity index (χ3v) is 9.57. The number of β-lactam (4-membered cyclic amide) rings is 1. The number of carbonyl (C=O) groups is 2. The first-order valence-electron chi connectivity index (χ1n) is 7.34. The minimum Gasteiger partial charge on any atom is -0.413 e. The van der Waals surface area contributed by atoms with Crippen molar-refractivity contribution in [3.63, 3.8) is 0 Å². The molecule has 0 aliphatic carbocycles. The summed E-state index contributed by atoms with van der Waals surface area (Å²) in [7, 11) is -0.132. The molecule has 0 unspecified atom stereocenters. The van der Waals surface area contributed by atoms with E-state index in [1.54, 1.807) is 11.9 Å². The first-order chi connectivity index (χ1) is 8.94. The van der Waals surface area contributed by atoms with Gasteiger partial charge in [-0.05, 0) is 25.1 Å². The van der Waals surface area contributed by atoms with Crippen LogP contribution in [0, 0.1) is 11.8 Å². The smallest absolute Gasteiger partial charge is 0.230 e. The Labute approximate surface area is 124 Å². The maximum Gasteiger partial charge on any atom is 0.230 e. The molecule has 20 heavy (non-hydrogen) atoms. The highest BCUT2D eigenvalue weighted by Gasteiger charge is 2.52. The largest absolute Gasteiger partial charge is 0.413 e. The van der Waals surface area contributed by atoms with Gasteiger partial charge in [0.05, 0.1) is 18.1 Å². The molecule has 1 rings (SSSR count). The van der Waals surface area contributed by atoms with Gasteiger partial charge in [0.25, 0.3) is 0 Å². The molecule has 1 saturated heterocycles. The van der Waals surface area contributed by atoms with Gasteiger partial charge < -0.3 is 14.1 Å². The Kier molecular flexibility index (Phi) is 4.86. The lowest BCUT2D eigenvalue weighted by atomic mass is 9.77. The number of hydrogen-bond acceptors (Lipinski definition) is 3. The minimum atomic E-state index is -1.90. The number of likely N-dealkylation sites (tertiary alicyclic amines) is 1. The summed E-state index contributed by atoms with van der Waals surface area (Å²) in [5, 5.41) is 0.117. The Morgan fingerprint density at radius 1 is 1.30 bits per heavy atom. The summed E-state index contributed by atoms with van der Waals surface area (Å²) in [5.41, 5.74) is 0. The zero-order chi connectivity index (χ0) is 15.9. The first kappa shape index (κ1) is 17.4. The van der Waals surface area contributed by atoms with Gasteiger partial charge in [0.15, 0.2) is 8.32 Å². The Balaban J connectivity index is 2.84. The number of hydrogen-bond donors (Lipinski definition) is 0. The van der Waals surface area contributed by atoms with Crippen molar-refractivity contribution in [2.24, 2.45) is 11.8 Å². The van der Waals surface area contributed by atoms with Crippen LogP contribution < -0.4 is 0 Å². The van der Waals surface area contributed by atoms with Crippen LogP contribution in [0.25, 0.3) is 0 Å². The van der Waals surface area contributed by atoms with Crippen LogP contribution in [0.4, 0.5) is 0 Å². The minimum absolute atomic E-state index is 0.0280. The highest BCUT2D eigenvalue weighted by atomic mass is 28.4. The summed E-state index contributed by atoms with van der Waals surface area (Å²) in [4.78, 5) is 24.8. The molecule has 0 saturated carbocycles. The van der Waals surface area contributed by atoms with Crippen LogP contribution in [-0.2, 0) is 14.0 Å². The van der Waals surface area contributed by atoms with Gasteiger partial charge in [-0.3, -0.25) is 4.79 Å². The van der Waals surface area contributed by atoms with Crippen molar-refractivity contribution in [2.45, 2.75) is 64.9 Å². The molecule has 1 aliphatic rings. The van der Waals surface area contributed by atoms with E-state index in [-0.39, 0.29) is 34.9 Å². The topological polar surface area (TPSA) is 46.6 Å². The second kappa shape index (κ2) is 5.60. The van der Waals surface area contributed by atoms with Crippen molar-refractivity contribution in [3.8, 4) is 0 Å². The molecule has 0 aromatic heterocycles.